The molecule has 0 saturated carbocycles. The Morgan fingerprint density at radius 3 is 2.64 bits per heavy atom. The van der Waals surface area contributed by atoms with Crippen molar-refractivity contribution in [3.8, 4) is 22.8 Å². The fourth-order valence-corrected chi connectivity index (χ4v) is 3.06. The average molecular weight is 422 g/mol. The van der Waals surface area contributed by atoms with Crippen LogP contribution in [0.4, 0.5) is 16.5 Å². The van der Waals surface area contributed by atoms with Gasteiger partial charge in [-0.25, -0.2) is 4.98 Å². The molecule has 7 nitrogen and oxygen atoms in total. The second kappa shape index (κ2) is 7.08. The Labute approximate surface area is 157 Å². The van der Waals surface area contributed by atoms with E-state index >= 15 is 0 Å². The Morgan fingerprint density at radius 1 is 1.12 bits per heavy atom. The highest BCUT2D eigenvalue weighted by atomic mass is 79.9. The van der Waals surface area contributed by atoms with E-state index < -0.39 is 4.92 Å². The first-order valence-corrected chi connectivity index (χ1v) is 7.94. The number of nitrogens with one attached hydrogen (secondary N) is 1. The zero-order chi connectivity index (χ0) is 16.5. The van der Waals surface area contributed by atoms with Gasteiger partial charge in [0.15, 0.2) is 16.6 Å². The van der Waals surface area contributed by atoms with E-state index in [-0.39, 0.29) is 29.5 Å². The molecule has 1 N–H and O–H groups in total. The molecule has 0 fully saturated rings. The van der Waals surface area contributed by atoms with Crippen molar-refractivity contribution < 1.29 is 14.4 Å². The predicted molar refractivity (Wildman–Crippen MR) is 100 cm³/mol. The maximum Gasteiger partial charge on any atom is 0.269 e. The van der Waals surface area contributed by atoms with E-state index in [1.165, 1.54) is 23.5 Å². The molecule has 1 aliphatic heterocycles. The molecule has 0 radical (unpaired) electrons. The predicted octanol–water partition coefficient (Wildman–Crippen LogP) is 4.77. The Bertz CT molecular complexity index is 914. The first-order chi connectivity index (χ1) is 11.7. The minimum Gasteiger partial charge on any atom is -0.454 e. The Hall–Kier alpha value is -2.65. The van der Waals surface area contributed by atoms with Gasteiger partial charge in [0.05, 0.1) is 10.6 Å². The molecule has 0 bridgehead atoms. The highest BCUT2D eigenvalue weighted by molar-refractivity contribution is 8.93. The summed E-state index contributed by atoms with van der Waals surface area (Å²) >= 11 is 1.45. The zero-order valence-electron chi connectivity index (χ0n) is 12.7. The largest absolute Gasteiger partial charge is 0.454 e. The number of aromatic nitrogens is 1. The average Bonchev–Trinajstić information content (AvgIpc) is 3.24. The fraction of sp³-hybridized carbons (Fsp3) is 0.0625. The molecule has 25 heavy (non-hydrogen) atoms. The lowest BCUT2D eigenvalue weighted by Gasteiger charge is -2.03. The van der Waals surface area contributed by atoms with Gasteiger partial charge >= 0.3 is 0 Å². The van der Waals surface area contributed by atoms with Gasteiger partial charge in [-0.05, 0) is 24.3 Å². The monoisotopic (exact) mass is 421 g/mol. The van der Waals surface area contributed by atoms with Crippen molar-refractivity contribution in [3.63, 3.8) is 0 Å². The maximum absolute atomic E-state index is 10.7. The van der Waals surface area contributed by atoms with E-state index in [0.29, 0.717) is 5.75 Å². The first kappa shape index (κ1) is 17.2. The summed E-state index contributed by atoms with van der Waals surface area (Å²) in [5.74, 6) is 1.43. The molecule has 9 heteroatoms. The van der Waals surface area contributed by atoms with Crippen LogP contribution in [-0.4, -0.2) is 16.7 Å². The Morgan fingerprint density at radius 2 is 1.88 bits per heavy atom. The quantitative estimate of drug-likeness (QED) is 0.482. The number of anilines is 2. The topological polar surface area (TPSA) is 86.5 Å². The van der Waals surface area contributed by atoms with Crippen molar-refractivity contribution in [1.82, 2.24) is 4.98 Å². The van der Waals surface area contributed by atoms with Crippen molar-refractivity contribution in [2.24, 2.45) is 0 Å². The molecule has 2 heterocycles. The minimum absolute atomic E-state index is 0. The SMILES string of the molecule is Br.O=[N+]([O-])c1ccc(-c2csc(Nc3ccc4c(c3)OCO4)n2)cc1. The van der Waals surface area contributed by atoms with Gasteiger partial charge in [0, 0.05) is 34.8 Å². The molecule has 3 aromatic rings. The third-order valence-electron chi connectivity index (χ3n) is 3.50. The second-order valence-corrected chi connectivity index (χ2v) is 5.89. The van der Waals surface area contributed by atoms with Crippen molar-refractivity contribution in [2.45, 2.75) is 0 Å². The number of non-ortho nitro benzene ring substituents is 1. The summed E-state index contributed by atoms with van der Waals surface area (Å²) in [6.07, 6.45) is 0. The molecule has 0 atom stereocenters. The van der Waals surface area contributed by atoms with Crippen LogP contribution >= 0.6 is 28.3 Å². The van der Waals surface area contributed by atoms with Crippen LogP contribution in [0, 0.1) is 10.1 Å². The molecule has 1 aromatic heterocycles. The molecular formula is C16H12BrN3O4S. The number of nitrogens with zero attached hydrogens (tertiary/aromatic N) is 2. The summed E-state index contributed by atoms with van der Waals surface area (Å²) in [6.45, 7) is 0.236. The maximum atomic E-state index is 10.7. The van der Waals surface area contributed by atoms with Crippen molar-refractivity contribution in [1.29, 1.82) is 0 Å². The third-order valence-corrected chi connectivity index (χ3v) is 4.26. The van der Waals surface area contributed by atoms with E-state index in [9.17, 15) is 10.1 Å². The number of nitro benzene ring substituents is 1. The normalized spacial score (nSPS) is 11.7. The van der Waals surface area contributed by atoms with E-state index in [0.717, 1.165) is 27.8 Å². The van der Waals surface area contributed by atoms with Crippen LogP contribution in [0.1, 0.15) is 0 Å². The molecule has 0 saturated heterocycles. The number of halogens is 1. The fourth-order valence-electron chi connectivity index (χ4n) is 2.32. The minimum atomic E-state index is -0.419. The zero-order valence-corrected chi connectivity index (χ0v) is 15.2. The van der Waals surface area contributed by atoms with Crippen LogP contribution in [0.3, 0.4) is 0 Å². The number of benzene rings is 2. The lowest BCUT2D eigenvalue weighted by molar-refractivity contribution is -0.384. The first-order valence-electron chi connectivity index (χ1n) is 7.06. The molecule has 0 unspecified atom stereocenters. The van der Waals surface area contributed by atoms with E-state index in [1.54, 1.807) is 12.1 Å². The van der Waals surface area contributed by atoms with Crippen LogP contribution in [0.5, 0.6) is 11.5 Å². The van der Waals surface area contributed by atoms with Gasteiger partial charge in [-0.3, -0.25) is 10.1 Å². The lowest BCUT2D eigenvalue weighted by Crippen LogP contribution is -1.93. The van der Waals surface area contributed by atoms with Gasteiger partial charge in [-0.2, -0.15) is 0 Å². The van der Waals surface area contributed by atoms with Crippen molar-refractivity contribution >= 4 is 44.8 Å². The third kappa shape index (κ3) is 3.57. The van der Waals surface area contributed by atoms with E-state index in [4.69, 9.17) is 9.47 Å². The highest BCUT2D eigenvalue weighted by Gasteiger charge is 2.14. The number of rotatable bonds is 4. The van der Waals surface area contributed by atoms with Crippen molar-refractivity contribution in [3.05, 3.63) is 58.0 Å². The molecule has 0 amide bonds. The molecule has 0 aliphatic carbocycles. The summed E-state index contributed by atoms with van der Waals surface area (Å²) in [6, 6.07) is 11.9. The van der Waals surface area contributed by atoms with Crippen LogP contribution in [0.2, 0.25) is 0 Å². The number of thiazole rings is 1. The highest BCUT2D eigenvalue weighted by Crippen LogP contribution is 2.36. The molecule has 4 rings (SSSR count). The van der Waals surface area contributed by atoms with Crippen LogP contribution in [-0.2, 0) is 0 Å². The van der Waals surface area contributed by atoms with Crippen LogP contribution in [0.15, 0.2) is 47.8 Å². The number of nitro groups is 1. The van der Waals surface area contributed by atoms with Crippen LogP contribution < -0.4 is 14.8 Å². The van der Waals surface area contributed by atoms with Gasteiger partial charge in [0.2, 0.25) is 6.79 Å². The number of hydrogen-bond donors (Lipinski definition) is 1. The standard InChI is InChI=1S/C16H11N3O4S.BrH/c20-19(21)12-4-1-10(2-5-12)13-8-24-16(18-13)17-11-3-6-14-15(7-11)23-9-22-14;/h1-8H,9H2,(H,17,18);1H. The van der Waals surface area contributed by atoms with Gasteiger partial charge in [-0.15, -0.1) is 28.3 Å². The Balaban J connectivity index is 0.00000182. The van der Waals surface area contributed by atoms with Gasteiger partial charge in [0.1, 0.15) is 0 Å². The Kier molecular flexibility index (Phi) is 4.86. The summed E-state index contributed by atoms with van der Waals surface area (Å²) in [7, 11) is 0. The molecule has 1 aliphatic rings. The summed E-state index contributed by atoms with van der Waals surface area (Å²) in [4.78, 5) is 14.8. The molecule has 128 valence electrons. The number of hydrogen-bond acceptors (Lipinski definition) is 7. The van der Waals surface area contributed by atoms with E-state index in [2.05, 4.69) is 10.3 Å². The van der Waals surface area contributed by atoms with Gasteiger partial charge < -0.3 is 14.8 Å². The molecule has 0 spiro atoms. The number of ether oxygens (including phenoxy) is 2. The number of fused-ring (bicyclic) bond motifs is 1. The lowest BCUT2D eigenvalue weighted by atomic mass is 10.1. The van der Waals surface area contributed by atoms with Gasteiger partial charge in [0.25, 0.3) is 5.69 Å². The molecule has 2 aromatic carbocycles. The summed E-state index contributed by atoms with van der Waals surface area (Å²) in [5.41, 5.74) is 2.50. The smallest absolute Gasteiger partial charge is 0.269 e. The summed E-state index contributed by atoms with van der Waals surface area (Å²) < 4.78 is 10.6. The van der Waals surface area contributed by atoms with Crippen LogP contribution in [0.25, 0.3) is 11.3 Å². The van der Waals surface area contributed by atoms with Crippen molar-refractivity contribution in [2.75, 3.05) is 12.1 Å². The summed E-state index contributed by atoms with van der Waals surface area (Å²) in [5, 5.41) is 16.5. The van der Waals surface area contributed by atoms with Gasteiger partial charge in [-0.1, -0.05) is 0 Å². The second-order valence-electron chi connectivity index (χ2n) is 5.03. The molecular weight excluding hydrogens is 410 g/mol. The van der Waals surface area contributed by atoms with E-state index in [1.807, 2.05) is 23.6 Å².